The summed E-state index contributed by atoms with van der Waals surface area (Å²) in [5.74, 6) is 1.21. The first-order chi connectivity index (χ1) is 9.74. The Morgan fingerprint density at radius 2 is 2.10 bits per heavy atom. The summed E-state index contributed by atoms with van der Waals surface area (Å²) in [4.78, 5) is 14.5. The van der Waals surface area contributed by atoms with Crippen LogP contribution in [0.2, 0.25) is 0 Å². The summed E-state index contributed by atoms with van der Waals surface area (Å²) in [5, 5.41) is 0. The largest absolute Gasteiger partial charge is 0.359 e. The first-order valence-electron chi connectivity index (χ1n) is 7.66. The molecule has 1 heterocycles. The maximum absolute atomic E-state index is 12.6. The van der Waals surface area contributed by atoms with Gasteiger partial charge in [0.1, 0.15) is 6.73 Å². The van der Waals surface area contributed by atoms with Crippen molar-refractivity contribution in [1.29, 1.82) is 0 Å². The molecule has 3 rings (SSSR count). The Kier molecular flexibility index (Phi) is 4.06. The molecule has 0 unspecified atom stereocenters. The normalized spacial score (nSPS) is 23.9. The lowest BCUT2D eigenvalue weighted by atomic mass is 10.0. The number of nitrogens with zero attached hydrogens (tertiary/aromatic N) is 1. The number of benzene rings is 1. The van der Waals surface area contributed by atoms with Crippen molar-refractivity contribution in [3.8, 4) is 0 Å². The highest BCUT2D eigenvalue weighted by Crippen LogP contribution is 2.36. The number of hydrogen-bond acceptors (Lipinski definition) is 2. The lowest BCUT2D eigenvalue weighted by Crippen LogP contribution is -2.41. The summed E-state index contributed by atoms with van der Waals surface area (Å²) in [5.41, 5.74) is 1.27. The second-order valence-corrected chi connectivity index (χ2v) is 6.23. The van der Waals surface area contributed by atoms with Crippen LogP contribution in [0.3, 0.4) is 0 Å². The first kappa shape index (κ1) is 13.6. The molecule has 20 heavy (non-hydrogen) atoms. The average molecular weight is 273 g/mol. The van der Waals surface area contributed by atoms with Crippen LogP contribution in [0.1, 0.15) is 31.7 Å². The van der Waals surface area contributed by atoms with Gasteiger partial charge in [-0.25, -0.2) is 0 Å². The van der Waals surface area contributed by atoms with Crippen LogP contribution in [0.15, 0.2) is 30.3 Å². The van der Waals surface area contributed by atoms with Gasteiger partial charge >= 0.3 is 0 Å². The third kappa shape index (κ3) is 3.21. The van der Waals surface area contributed by atoms with Crippen LogP contribution in [-0.4, -0.2) is 30.2 Å². The number of rotatable bonds is 5. The fourth-order valence-electron chi connectivity index (χ4n) is 3.02. The van der Waals surface area contributed by atoms with E-state index in [0.29, 0.717) is 13.3 Å². The summed E-state index contributed by atoms with van der Waals surface area (Å²) >= 11 is 0. The third-order valence-electron chi connectivity index (χ3n) is 4.38. The molecule has 3 nitrogen and oxygen atoms in total. The van der Waals surface area contributed by atoms with E-state index >= 15 is 0 Å². The quantitative estimate of drug-likeness (QED) is 0.825. The molecule has 1 aromatic rings. The highest BCUT2D eigenvalue weighted by Gasteiger charge is 2.34. The van der Waals surface area contributed by atoms with E-state index in [1.165, 1.54) is 18.4 Å². The predicted molar refractivity (Wildman–Crippen MR) is 78.1 cm³/mol. The molecule has 1 saturated carbocycles. The van der Waals surface area contributed by atoms with Crippen molar-refractivity contribution in [2.24, 2.45) is 11.8 Å². The minimum atomic E-state index is 0.141. The Morgan fingerprint density at radius 1 is 1.35 bits per heavy atom. The number of carbonyl (C=O) groups is 1. The van der Waals surface area contributed by atoms with Crippen molar-refractivity contribution in [1.82, 2.24) is 4.90 Å². The SMILES string of the molecule is C[C@H](CC1CC1)C(=O)N1COC[C@H]1Cc1ccccc1. The molecular weight excluding hydrogens is 250 g/mol. The Bertz CT molecular complexity index is 455. The first-order valence-corrected chi connectivity index (χ1v) is 7.66. The zero-order valence-electron chi connectivity index (χ0n) is 12.1. The molecule has 2 atom stereocenters. The van der Waals surface area contributed by atoms with Crippen LogP contribution in [0.4, 0.5) is 0 Å². The molecule has 1 amide bonds. The van der Waals surface area contributed by atoms with E-state index in [9.17, 15) is 4.79 Å². The van der Waals surface area contributed by atoms with E-state index in [1.807, 2.05) is 23.1 Å². The minimum Gasteiger partial charge on any atom is -0.359 e. The van der Waals surface area contributed by atoms with Gasteiger partial charge in [-0.3, -0.25) is 4.79 Å². The second-order valence-electron chi connectivity index (χ2n) is 6.23. The van der Waals surface area contributed by atoms with Crippen molar-refractivity contribution in [3.05, 3.63) is 35.9 Å². The van der Waals surface area contributed by atoms with E-state index < -0.39 is 0 Å². The molecule has 3 heteroatoms. The minimum absolute atomic E-state index is 0.141. The predicted octanol–water partition coefficient (Wildman–Crippen LogP) is 2.85. The smallest absolute Gasteiger partial charge is 0.227 e. The second kappa shape index (κ2) is 5.96. The molecule has 0 bridgehead atoms. The molecule has 108 valence electrons. The summed E-state index contributed by atoms with van der Waals surface area (Å²) in [6.07, 6.45) is 4.55. The highest BCUT2D eigenvalue weighted by atomic mass is 16.5. The number of amides is 1. The van der Waals surface area contributed by atoms with Crippen molar-refractivity contribution in [3.63, 3.8) is 0 Å². The number of hydrogen-bond donors (Lipinski definition) is 0. The van der Waals surface area contributed by atoms with Gasteiger partial charge < -0.3 is 9.64 Å². The zero-order chi connectivity index (χ0) is 13.9. The average Bonchev–Trinajstić information content (AvgIpc) is 3.16. The molecule has 2 fully saturated rings. The molecule has 0 spiro atoms. The Hall–Kier alpha value is -1.35. The monoisotopic (exact) mass is 273 g/mol. The lowest BCUT2D eigenvalue weighted by molar-refractivity contribution is -0.137. The van der Waals surface area contributed by atoms with Gasteiger partial charge in [-0.05, 0) is 24.3 Å². The number of carbonyl (C=O) groups excluding carboxylic acids is 1. The maximum Gasteiger partial charge on any atom is 0.227 e. The van der Waals surface area contributed by atoms with Gasteiger partial charge in [0, 0.05) is 5.92 Å². The van der Waals surface area contributed by atoms with Crippen LogP contribution in [0, 0.1) is 11.8 Å². The fraction of sp³-hybridized carbons (Fsp3) is 0.588. The van der Waals surface area contributed by atoms with Gasteiger partial charge in [-0.15, -0.1) is 0 Å². The van der Waals surface area contributed by atoms with Crippen molar-refractivity contribution < 1.29 is 9.53 Å². The van der Waals surface area contributed by atoms with E-state index in [4.69, 9.17) is 4.74 Å². The molecule has 0 aromatic heterocycles. The van der Waals surface area contributed by atoms with Gasteiger partial charge in [0.15, 0.2) is 0 Å². The Labute approximate surface area is 120 Å². The van der Waals surface area contributed by atoms with Crippen LogP contribution in [0.25, 0.3) is 0 Å². The standard InChI is InChI=1S/C17H23NO2/c1-13(9-15-7-8-15)17(19)18-12-20-11-16(18)10-14-5-3-2-4-6-14/h2-6,13,15-16H,7-12H2,1H3/t13-,16-/m1/s1. The van der Waals surface area contributed by atoms with E-state index in [2.05, 4.69) is 19.1 Å². The van der Waals surface area contributed by atoms with Crippen LogP contribution in [0.5, 0.6) is 0 Å². The van der Waals surface area contributed by atoms with Crippen molar-refractivity contribution in [2.45, 2.75) is 38.6 Å². The van der Waals surface area contributed by atoms with Gasteiger partial charge in [0.2, 0.25) is 5.91 Å². The number of ether oxygens (including phenoxy) is 1. The summed E-state index contributed by atoms with van der Waals surface area (Å²) in [6.45, 7) is 3.20. The van der Waals surface area contributed by atoms with Gasteiger partial charge in [0.25, 0.3) is 0 Å². The molecule has 0 radical (unpaired) electrons. The highest BCUT2D eigenvalue weighted by molar-refractivity contribution is 5.79. The van der Waals surface area contributed by atoms with Crippen LogP contribution in [-0.2, 0) is 16.0 Å². The summed E-state index contributed by atoms with van der Waals surface area (Å²) in [7, 11) is 0. The molecular formula is C17H23NO2. The van der Waals surface area contributed by atoms with Crippen LogP contribution < -0.4 is 0 Å². The maximum atomic E-state index is 12.6. The third-order valence-corrected chi connectivity index (χ3v) is 4.38. The van der Waals surface area contributed by atoms with E-state index in [1.54, 1.807) is 0 Å². The molecule has 1 aliphatic carbocycles. The molecule has 2 aliphatic rings. The topological polar surface area (TPSA) is 29.5 Å². The van der Waals surface area contributed by atoms with Gasteiger partial charge in [-0.2, -0.15) is 0 Å². The molecule has 1 saturated heterocycles. The molecule has 0 N–H and O–H groups in total. The van der Waals surface area contributed by atoms with Gasteiger partial charge in [-0.1, -0.05) is 50.1 Å². The van der Waals surface area contributed by atoms with Crippen LogP contribution >= 0.6 is 0 Å². The molecule has 1 aromatic carbocycles. The van der Waals surface area contributed by atoms with Crippen molar-refractivity contribution >= 4 is 5.91 Å². The van der Waals surface area contributed by atoms with Gasteiger partial charge in [0.05, 0.1) is 12.6 Å². The zero-order valence-corrected chi connectivity index (χ0v) is 12.1. The molecule has 1 aliphatic heterocycles. The fourth-order valence-corrected chi connectivity index (χ4v) is 3.02. The summed E-state index contributed by atoms with van der Waals surface area (Å²) in [6, 6.07) is 10.6. The summed E-state index contributed by atoms with van der Waals surface area (Å²) < 4.78 is 5.54. The Morgan fingerprint density at radius 3 is 2.80 bits per heavy atom. The lowest BCUT2D eigenvalue weighted by Gasteiger charge is -2.25. The van der Waals surface area contributed by atoms with E-state index in [0.717, 1.165) is 18.8 Å². The van der Waals surface area contributed by atoms with E-state index in [-0.39, 0.29) is 17.9 Å². The van der Waals surface area contributed by atoms with Crippen molar-refractivity contribution in [2.75, 3.05) is 13.3 Å². The Balaban J connectivity index is 1.61.